The Bertz CT molecular complexity index is 1820. The molecule has 2 amide bonds. The number of furan rings is 1. The third-order valence-electron chi connectivity index (χ3n) is 8.35. The van der Waals surface area contributed by atoms with Gasteiger partial charge in [-0.2, -0.15) is 0 Å². The first kappa shape index (κ1) is 36.0. The van der Waals surface area contributed by atoms with E-state index in [1.165, 1.54) is 25.2 Å². The fourth-order valence-electron chi connectivity index (χ4n) is 5.91. The van der Waals surface area contributed by atoms with Crippen molar-refractivity contribution < 1.29 is 48.3 Å². The van der Waals surface area contributed by atoms with Gasteiger partial charge in [-0.25, -0.2) is 0 Å². The smallest absolute Gasteiger partial charge is 0.289 e. The van der Waals surface area contributed by atoms with Gasteiger partial charge in [0.05, 0.1) is 44.2 Å². The molecular formula is C36H39IN2O10. The number of methoxy groups -OCH3 is 3. The van der Waals surface area contributed by atoms with Crippen molar-refractivity contribution >= 4 is 45.4 Å². The number of aliphatic hydroxyl groups is 3. The number of benzene rings is 3. The SMILES string of the molecule is COc1ccccc1CCN(C(=O)c1cc2cccc(OC)c2o1)C1CC(C(=O)NCCO)=CC(Oc2c(I)cc(CO)cc2OC)C1O. The third kappa shape index (κ3) is 7.96. The molecule has 1 aliphatic carbocycles. The highest BCUT2D eigenvalue weighted by molar-refractivity contribution is 14.1. The van der Waals surface area contributed by atoms with Gasteiger partial charge in [-0.15, -0.1) is 0 Å². The van der Waals surface area contributed by atoms with Crippen molar-refractivity contribution in [3.8, 4) is 23.0 Å². The Morgan fingerprint density at radius 3 is 2.43 bits per heavy atom. The first-order valence-corrected chi connectivity index (χ1v) is 16.7. The molecule has 0 fully saturated rings. The van der Waals surface area contributed by atoms with E-state index in [2.05, 4.69) is 5.32 Å². The van der Waals surface area contributed by atoms with Crippen LogP contribution in [0.2, 0.25) is 0 Å². The van der Waals surface area contributed by atoms with E-state index in [0.29, 0.717) is 49.5 Å². The van der Waals surface area contributed by atoms with E-state index in [-0.39, 0.29) is 44.1 Å². The molecule has 4 aromatic rings. The Balaban J connectivity index is 1.57. The molecule has 49 heavy (non-hydrogen) atoms. The second kappa shape index (κ2) is 16.4. The van der Waals surface area contributed by atoms with Crippen molar-refractivity contribution in [1.29, 1.82) is 0 Å². The molecule has 0 saturated carbocycles. The quantitative estimate of drug-likeness (QED) is 0.138. The lowest BCUT2D eigenvalue weighted by Crippen LogP contribution is -2.55. The van der Waals surface area contributed by atoms with Crippen LogP contribution in [0.4, 0.5) is 0 Å². The van der Waals surface area contributed by atoms with Gasteiger partial charge in [0, 0.05) is 30.5 Å². The van der Waals surface area contributed by atoms with E-state index < -0.39 is 30.1 Å². The van der Waals surface area contributed by atoms with Crippen LogP contribution >= 0.6 is 22.6 Å². The van der Waals surface area contributed by atoms with Gasteiger partial charge in [0.2, 0.25) is 5.91 Å². The molecule has 0 bridgehead atoms. The summed E-state index contributed by atoms with van der Waals surface area (Å²) >= 11 is 2.05. The molecule has 3 atom stereocenters. The molecule has 3 unspecified atom stereocenters. The number of ether oxygens (including phenoxy) is 4. The fraction of sp³-hybridized carbons (Fsp3) is 0.333. The Morgan fingerprint density at radius 2 is 1.71 bits per heavy atom. The van der Waals surface area contributed by atoms with Crippen LogP contribution in [0.5, 0.6) is 23.0 Å². The number of nitrogens with zero attached hydrogens (tertiary/aromatic N) is 1. The lowest BCUT2D eigenvalue weighted by atomic mass is 9.87. The Morgan fingerprint density at radius 1 is 0.980 bits per heavy atom. The van der Waals surface area contributed by atoms with Crippen LogP contribution in [-0.4, -0.2) is 91.3 Å². The molecule has 0 saturated heterocycles. The van der Waals surface area contributed by atoms with Crippen LogP contribution < -0.4 is 24.3 Å². The van der Waals surface area contributed by atoms with Gasteiger partial charge in [0.25, 0.3) is 5.91 Å². The third-order valence-corrected chi connectivity index (χ3v) is 9.16. The summed E-state index contributed by atoms with van der Waals surface area (Å²) in [6, 6.07) is 16.8. The molecule has 4 N–H and O–H groups in total. The van der Waals surface area contributed by atoms with E-state index in [1.807, 2.05) is 46.9 Å². The van der Waals surface area contributed by atoms with Gasteiger partial charge in [0.15, 0.2) is 28.6 Å². The predicted octanol–water partition coefficient (Wildman–Crippen LogP) is 3.86. The minimum Gasteiger partial charge on any atom is -0.496 e. The molecule has 260 valence electrons. The summed E-state index contributed by atoms with van der Waals surface area (Å²) in [6.07, 6.45) is -0.547. The predicted molar refractivity (Wildman–Crippen MR) is 189 cm³/mol. The lowest BCUT2D eigenvalue weighted by molar-refractivity contribution is -0.118. The second-order valence-corrected chi connectivity index (χ2v) is 12.5. The summed E-state index contributed by atoms with van der Waals surface area (Å²) in [5.41, 5.74) is 2.11. The summed E-state index contributed by atoms with van der Waals surface area (Å²) in [5, 5.41) is 34.4. The van der Waals surface area contributed by atoms with Crippen molar-refractivity contribution in [2.24, 2.45) is 0 Å². The number of amides is 2. The van der Waals surface area contributed by atoms with Crippen molar-refractivity contribution in [2.45, 2.75) is 37.7 Å². The number of rotatable bonds is 14. The monoisotopic (exact) mass is 786 g/mol. The van der Waals surface area contributed by atoms with Gasteiger partial charge in [-0.05, 0) is 76.5 Å². The fourth-order valence-corrected chi connectivity index (χ4v) is 6.70. The minimum absolute atomic E-state index is 0.0144. The lowest BCUT2D eigenvalue weighted by Gasteiger charge is -2.40. The summed E-state index contributed by atoms with van der Waals surface area (Å²) < 4.78 is 29.6. The summed E-state index contributed by atoms with van der Waals surface area (Å²) in [7, 11) is 4.55. The van der Waals surface area contributed by atoms with Crippen molar-refractivity contribution in [3.63, 3.8) is 0 Å². The molecule has 1 heterocycles. The van der Waals surface area contributed by atoms with Gasteiger partial charge in [-0.1, -0.05) is 30.3 Å². The maximum atomic E-state index is 14.5. The molecule has 0 radical (unpaired) electrons. The van der Waals surface area contributed by atoms with Crippen LogP contribution in [0.3, 0.4) is 0 Å². The van der Waals surface area contributed by atoms with Crippen LogP contribution in [0, 0.1) is 3.57 Å². The summed E-state index contributed by atoms with van der Waals surface area (Å²) in [5.74, 6) is 0.782. The number of para-hydroxylation sites is 2. The Kier molecular flexibility index (Phi) is 12.0. The molecule has 13 heteroatoms. The Labute approximate surface area is 297 Å². The molecule has 0 spiro atoms. The first-order chi connectivity index (χ1) is 23.7. The van der Waals surface area contributed by atoms with Crippen LogP contribution in [0.25, 0.3) is 11.0 Å². The van der Waals surface area contributed by atoms with Crippen molar-refractivity contribution in [2.75, 3.05) is 41.0 Å². The van der Waals surface area contributed by atoms with Gasteiger partial charge < -0.3 is 48.9 Å². The maximum Gasteiger partial charge on any atom is 0.289 e. The van der Waals surface area contributed by atoms with Crippen LogP contribution in [0.15, 0.2) is 76.7 Å². The molecular weight excluding hydrogens is 747 g/mol. The molecule has 5 rings (SSSR count). The number of aliphatic hydroxyl groups excluding tert-OH is 3. The molecule has 0 aliphatic heterocycles. The number of hydrogen-bond donors (Lipinski definition) is 4. The average Bonchev–Trinajstić information content (AvgIpc) is 3.57. The normalized spacial score (nSPS) is 17.3. The number of hydrogen-bond acceptors (Lipinski definition) is 10. The molecule has 12 nitrogen and oxygen atoms in total. The maximum absolute atomic E-state index is 14.5. The van der Waals surface area contributed by atoms with Crippen LogP contribution in [-0.2, 0) is 17.8 Å². The van der Waals surface area contributed by atoms with E-state index in [0.717, 1.165) is 5.56 Å². The van der Waals surface area contributed by atoms with Gasteiger partial charge >= 0.3 is 0 Å². The Hall–Kier alpha value is -4.31. The highest BCUT2D eigenvalue weighted by Gasteiger charge is 2.42. The zero-order valence-electron chi connectivity index (χ0n) is 27.4. The number of halogens is 1. The van der Waals surface area contributed by atoms with E-state index in [4.69, 9.17) is 23.4 Å². The summed E-state index contributed by atoms with van der Waals surface area (Å²) in [4.78, 5) is 29.3. The molecule has 3 aromatic carbocycles. The van der Waals surface area contributed by atoms with Crippen LogP contribution in [0.1, 0.15) is 28.1 Å². The second-order valence-electron chi connectivity index (χ2n) is 11.3. The highest BCUT2D eigenvalue weighted by atomic mass is 127. The topological polar surface area (TPSA) is 160 Å². The number of carbonyl (C=O) groups excluding carboxylic acids is 2. The highest BCUT2D eigenvalue weighted by Crippen LogP contribution is 2.38. The number of fused-ring (bicyclic) bond motifs is 1. The standard InChI is InChI=1S/C36H39IN2O10/c1-45-27-9-5-4-7-22(27)11-13-39(36(44)31-18-23-8-6-10-28(46-2)33(23)49-31)26-17-24(35(43)38-12-14-40)19-29(32(26)42)48-34-25(37)15-21(20-41)16-30(34)47-3/h4-10,15-16,18-19,26,29,32,40-42H,11-14,17,20H2,1-3H3,(H,38,43). The first-order valence-electron chi connectivity index (χ1n) is 15.6. The zero-order chi connectivity index (χ0) is 35.1. The van der Waals surface area contributed by atoms with Gasteiger partial charge in [0.1, 0.15) is 18.0 Å². The van der Waals surface area contributed by atoms with Gasteiger partial charge in [-0.3, -0.25) is 9.59 Å². The van der Waals surface area contributed by atoms with E-state index >= 15 is 0 Å². The van der Waals surface area contributed by atoms with Crippen molar-refractivity contribution in [3.05, 3.63) is 92.8 Å². The minimum atomic E-state index is -1.31. The average molecular weight is 787 g/mol. The van der Waals surface area contributed by atoms with E-state index in [1.54, 1.807) is 43.5 Å². The summed E-state index contributed by atoms with van der Waals surface area (Å²) in [6.45, 7) is -0.344. The number of carbonyl (C=O) groups is 2. The molecule has 1 aromatic heterocycles. The molecule has 1 aliphatic rings. The largest absolute Gasteiger partial charge is 0.496 e. The van der Waals surface area contributed by atoms with Crippen molar-refractivity contribution in [1.82, 2.24) is 10.2 Å². The van der Waals surface area contributed by atoms with E-state index in [9.17, 15) is 24.9 Å². The zero-order valence-corrected chi connectivity index (χ0v) is 29.5. The number of nitrogens with one attached hydrogen (secondary N) is 1.